The molecular formula is C18H19ClN2O2. The van der Waals surface area contributed by atoms with Crippen LogP contribution in [0.5, 0.6) is 0 Å². The van der Waals surface area contributed by atoms with Gasteiger partial charge in [0.1, 0.15) is 10.8 Å². The molecule has 1 amide bonds. The molecule has 1 atom stereocenters. The zero-order valence-electron chi connectivity index (χ0n) is 12.7. The number of halogens is 1. The smallest absolute Gasteiger partial charge is 0.272 e. The molecule has 120 valence electrons. The molecule has 0 aliphatic carbocycles. The summed E-state index contributed by atoms with van der Waals surface area (Å²) in [4.78, 5) is 18.3. The fraction of sp³-hybridized carbons (Fsp3) is 0.333. The van der Waals surface area contributed by atoms with Gasteiger partial charge >= 0.3 is 0 Å². The number of amides is 1. The van der Waals surface area contributed by atoms with Gasteiger partial charge in [0.15, 0.2) is 0 Å². The van der Waals surface area contributed by atoms with E-state index in [4.69, 9.17) is 11.6 Å². The van der Waals surface area contributed by atoms with Gasteiger partial charge in [0, 0.05) is 13.1 Å². The van der Waals surface area contributed by atoms with Crippen LogP contribution in [-0.4, -0.2) is 34.0 Å². The largest absolute Gasteiger partial charge is 0.388 e. The predicted molar refractivity (Wildman–Crippen MR) is 89.3 cm³/mol. The van der Waals surface area contributed by atoms with Crippen molar-refractivity contribution in [1.29, 1.82) is 0 Å². The van der Waals surface area contributed by atoms with Crippen molar-refractivity contribution in [3.63, 3.8) is 0 Å². The summed E-state index contributed by atoms with van der Waals surface area (Å²) >= 11 is 5.85. The van der Waals surface area contributed by atoms with Gasteiger partial charge in [-0.3, -0.25) is 4.79 Å². The molecule has 1 aromatic carbocycles. The minimum absolute atomic E-state index is 0.0971. The highest BCUT2D eigenvalue weighted by Crippen LogP contribution is 2.30. The van der Waals surface area contributed by atoms with Crippen LogP contribution in [0.25, 0.3) is 0 Å². The Hall–Kier alpha value is -1.91. The van der Waals surface area contributed by atoms with E-state index in [1.807, 2.05) is 30.3 Å². The van der Waals surface area contributed by atoms with Crippen LogP contribution in [-0.2, 0) is 0 Å². The maximum Gasteiger partial charge on any atom is 0.272 e. The summed E-state index contributed by atoms with van der Waals surface area (Å²) in [7, 11) is 0. The van der Waals surface area contributed by atoms with E-state index < -0.39 is 6.10 Å². The molecule has 4 nitrogen and oxygen atoms in total. The van der Waals surface area contributed by atoms with Crippen molar-refractivity contribution in [1.82, 2.24) is 9.88 Å². The van der Waals surface area contributed by atoms with Crippen LogP contribution in [0.3, 0.4) is 0 Å². The number of aromatic nitrogens is 1. The summed E-state index contributed by atoms with van der Waals surface area (Å²) < 4.78 is 0. The molecule has 1 N–H and O–H groups in total. The number of hydrogen-bond donors (Lipinski definition) is 1. The van der Waals surface area contributed by atoms with Crippen LogP contribution >= 0.6 is 11.6 Å². The Morgan fingerprint density at radius 2 is 1.83 bits per heavy atom. The third-order valence-electron chi connectivity index (χ3n) is 4.35. The van der Waals surface area contributed by atoms with E-state index in [9.17, 15) is 9.90 Å². The van der Waals surface area contributed by atoms with Crippen LogP contribution in [0, 0.1) is 5.92 Å². The van der Waals surface area contributed by atoms with Crippen molar-refractivity contribution < 1.29 is 9.90 Å². The van der Waals surface area contributed by atoms with Gasteiger partial charge in [-0.05, 0) is 36.5 Å². The average Bonchev–Trinajstić information content (AvgIpc) is 2.61. The lowest BCUT2D eigenvalue weighted by Gasteiger charge is -2.34. The Labute approximate surface area is 140 Å². The maximum atomic E-state index is 12.4. The van der Waals surface area contributed by atoms with E-state index in [-0.39, 0.29) is 11.8 Å². The predicted octanol–water partition coefficient (Wildman–Crippen LogP) is 3.32. The molecule has 1 fully saturated rings. The standard InChI is InChI=1S/C18H19ClN2O2/c19-16-8-4-7-15(20-16)18(23)21-11-9-14(10-12-21)17(22)13-5-2-1-3-6-13/h1-8,14,17,22H,9-12H2. The summed E-state index contributed by atoms with van der Waals surface area (Å²) in [5, 5.41) is 10.8. The molecular weight excluding hydrogens is 312 g/mol. The fourth-order valence-electron chi connectivity index (χ4n) is 3.03. The number of carbonyl (C=O) groups is 1. The average molecular weight is 331 g/mol. The normalized spacial score (nSPS) is 17.0. The number of aliphatic hydroxyl groups excluding tert-OH is 1. The van der Waals surface area contributed by atoms with Crippen molar-refractivity contribution >= 4 is 17.5 Å². The van der Waals surface area contributed by atoms with Crippen LogP contribution in [0.1, 0.15) is 35.0 Å². The minimum atomic E-state index is -0.474. The Kier molecular flexibility index (Phi) is 4.94. The first-order valence-corrected chi connectivity index (χ1v) is 8.18. The molecule has 0 spiro atoms. The fourth-order valence-corrected chi connectivity index (χ4v) is 3.19. The second kappa shape index (κ2) is 7.11. The maximum absolute atomic E-state index is 12.4. The zero-order chi connectivity index (χ0) is 16.2. The van der Waals surface area contributed by atoms with Crippen molar-refractivity contribution in [2.75, 3.05) is 13.1 Å². The molecule has 23 heavy (non-hydrogen) atoms. The van der Waals surface area contributed by atoms with Crippen LogP contribution < -0.4 is 0 Å². The van der Waals surface area contributed by atoms with Gasteiger partial charge < -0.3 is 10.0 Å². The van der Waals surface area contributed by atoms with Crippen molar-refractivity contribution in [3.8, 4) is 0 Å². The summed E-state index contributed by atoms with van der Waals surface area (Å²) in [6.07, 6.45) is 1.09. The zero-order valence-corrected chi connectivity index (χ0v) is 13.5. The Morgan fingerprint density at radius 1 is 1.13 bits per heavy atom. The van der Waals surface area contributed by atoms with Gasteiger partial charge in [-0.1, -0.05) is 48.0 Å². The van der Waals surface area contributed by atoms with Gasteiger partial charge in [0.2, 0.25) is 0 Å². The molecule has 1 saturated heterocycles. The summed E-state index contributed by atoms with van der Waals surface area (Å²) in [5.41, 5.74) is 1.31. The van der Waals surface area contributed by atoms with E-state index in [1.165, 1.54) is 0 Å². The summed E-state index contributed by atoms with van der Waals surface area (Å²) in [6.45, 7) is 1.25. The van der Waals surface area contributed by atoms with E-state index >= 15 is 0 Å². The summed E-state index contributed by atoms with van der Waals surface area (Å²) in [6, 6.07) is 14.8. The monoisotopic (exact) mass is 330 g/mol. The first kappa shape index (κ1) is 16.0. The molecule has 0 bridgehead atoms. The molecule has 1 aromatic heterocycles. The first-order valence-electron chi connectivity index (χ1n) is 7.80. The van der Waals surface area contributed by atoms with Gasteiger partial charge in [0.25, 0.3) is 5.91 Å². The van der Waals surface area contributed by atoms with Crippen molar-refractivity contribution in [2.24, 2.45) is 5.92 Å². The third-order valence-corrected chi connectivity index (χ3v) is 4.56. The van der Waals surface area contributed by atoms with E-state index in [0.29, 0.717) is 23.9 Å². The number of aliphatic hydroxyl groups is 1. The number of benzene rings is 1. The lowest BCUT2D eigenvalue weighted by Crippen LogP contribution is -2.40. The highest BCUT2D eigenvalue weighted by Gasteiger charge is 2.29. The lowest BCUT2D eigenvalue weighted by molar-refractivity contribution is 0.0458. The van der Waals surface area contributed by atoms with Crippen LogP contribution in [0.2, 0.25) is 5.15 Å². The van der Waals surface area contributed by atoms with E-state index in [0.717, 1.165) is 18.4 Å². The molecule has 2 heterocycles. The van der Waals surface area contributed by atoms with Gasteiger partial charge in [-0.2, -0.15) is 0 Å². The Morgan fingerprint density at radius 3 is 2.48 bits per heavy atom. The molecule has 3 rings (SSSR count). The van der Waals surface area contributed by atoms with Gasteiger partial charge in [0.05, 0.1) is 6.10 Å². The molecule has 1 unspecified atom stereocenters. The molecule has 0 saturated carbocycles. The first-order chi connectivity index (χ1) is 11.1. The number of rotatable bonds is 3. The number of carbonyl (C=O) groups excluding carboxylic acids is 1. The van der Waals surface area contributed by atoms with E-state index in [2.05, 4.69) is 4.98 Å². The molecule has 5 heteroatoms. The van der Waals surface area contributed by atoms with Crippen LogP contribution in [0.4, 0.5) is 0 Å². The van der Waals surface area contributed by atoms with Crippen LogP contribution in [0.15, 0.2) is 48.5 Å². The second-order valence-electron chi connectivity index (χ2n) is 5.83. The molecule has 2 aromatic rings. The van der Waals surface area contributed by atoms with Gasteiger partial charge in [-0.15, -0.1) is 0 Å². The number of nitrogens with zero attached hydrogens (tertiary/aromatic N) is 2. The summed E-state index contributed by atoms with van der Waals surface area (Å²) in [5.74, 6) is 0.0777. The number of hydrogen-bond acceptors (Lipinski definition) is 3. The Bertz CT molecular complexity index is 670. The van der Waals surface area contributed by atoms with E-state index in [1.54, 1.807) is 23.1 Å². The number of piperidine rings is 1. The van der Waals surface area contributed by atoms with Crippen molar-refractivity contribution in [3.05, 3.63) is 64.9 Å². The minimum Gasteiger partial charge on any atom is -0.388 e. The quantitative estimate of drug-likeness (QED) is 0.878. The second-order valence-corrected chi connectivity index (χ2v) is 6.22. The lowest BCUT2D eigenvalue weighted by atomic mass is 9.87. The topological polar surface area (TPSA) is 53.4 Å². The number of likely N-dealkylation sites (tertiary alicyclic amines) is 1. The highest BCUT2D eigenvalue weighted by molar-refractivity contribution is 6.29. The van der Waals surface area contributed by atoms with Crippen molar-refractivity contribution in [2.45, 2.75) is 18.9 Å². The SMILES string of the molecule is O=C(c1cccc(Cl)n1)N1CCC(C(O)c2ccccc2)CC1. The molecule has 0 radical (unpaired) electrons. The Balaban J connectivity index is 1.61. The molecule has 1 aliphatic rings. The number of pyridine rings is 1. The highest BCUT2D eigenvalue weighted by atomic mass is 35.5. The molecule has 1 aliphatic heterocycles. The third kappa shape index (κ3) is 3.71. The van der Waals surface area contributed by atoms with Gasteiger partial charge in [-0.25, -0.2) is 4.98 Å².